The predicted molar refractivity (Wildman–Crippen MR) is 125 cm³/mol. The first-order chi connectivity index (χ1) is 16.4. The minimum absolute atomic E-state index is 0.211. The number of nitrogens with one attached hydrogen (secondary N) is 2. The fourth-order valence-electron chi connectivity index (χ4n) is 4.78. The summed E-state index contributed by atoms with van der Waals surface area (Å²) in [4.78, 5) is 44.3. The SMILES string of the molecule is CCOC(=O)C1=C(CN2CCN(CC(=O)N3CCCCC3)CC2)NC(=O)NC1c1ccc(C)o1. The number of piperidine rings is 1. The number of nitrogens with zero attached hydrogens (tertiary/aromatic N) is 3. The largest absolute Gasteiger partial charge is 0.464 e. The van der Waals surface area contributed by atoms with E-state index < -0.39 is 12.0 Å². The maximum atomic E-state index is 12.9. The van der Waals surface area contributed by atoms with Crippen LogP contribution in [0.3, 0.4) is 0 Å². The van der Waals surface area contributed by atoms with Crippen LogP contribution in [-0.4, -0.2) is 91.6 Å². The molecule has 1 atom stereocenters. The summed E-state index contributed by atoms with van der Waals surface area (Å²) in [5, 5.41) is 5.61. The third kappa shape index (κ3) is 5.79. The van der Waals surface area contributed by atoms with E-state index in [1.54, 1.807) is 19.1 Å². The van der Waals surface area contributed by atoms with Crippen molar-refractivity contribution in [3.05, 3.63) is 34.9 Å². The van der Waals surface area contributed by atoms with Gasteiger partial charge in [0.2, 0.25) is 5.91 Å². The number of piperazine rings is 1. The normalized spacial score (nSPS) is 22.4. The summed E-state index contributed by atoms with van der Waals surface area (Å²) >= 11 is 0. The van der Waals surface area contributed by atoms with E-state index in [1.165, 1.54) is 6.42 Å². The fourth-order valence-corrected chi connectivity index (χ4v) is 4.78. The van der Waals surface area contributed by atoms with Gasteiger partial charge in [-0.2, -0.15) is 0 Å². The van der Waals surface area contributed by atoms with Crippen molar-refractivity contribution in [3.8, 4) is 0 Å². The summed E-state index contributed by atoms with van der Waals surface area (Å²) in [5.41, 5.74) is 0.887. The number of amides is 3. The van der Waals surface area contributed by atoms with Gasteiger partial charge in [-0.3, -0.25) is 14.6 Å². The highest BCUT2D eigenvalue weighted by molar-refractivity contribution is 5.95. The molecule has 1 aromatic rings. The zero-order valence-electron chi connectivity index (χ0n) is 20.1. The number of furan rings is 1. The molecule has 186 valence electrons. The van der Waals surface area contributed by atoms with Crippen LogP contribution in [-0.2, 0) is 14.3 Å². The van der Waals surface area contributed by atoms with Gasteiger partial charge in [-0.1, -0.05) is 0 Å². The molecule has 0 aliphatic carbocycles. The van der Waals surface area contributed by atoms with Crippen LogP contribution < -0.4 is 10.6 Å². The van der Waals surface area contributed by atoms with E-state index in [9.17, 15) is 14.4 Å². The van der Waals surface area contributed by atoms with Crippen LogP contribution in [0.15, 0.2) is 27.8 Å². The quantitative estimate of drug-likeness (QED) is 0.576. The van der Waals surface area contributed by atoms with Crippen LogP contribution in [0, 0.1) is 6.92 Å². The molecule has 4 heterocycles. The van der Waals surface area contributed by atoms with Crippen molar-refractivity contribution in [1.82, 2.24) is 25.3 Å². The Kier molecular flexibility index (Phi) is 7.89. The molecule has 10 heteroatoms. The standard InChI is InChI=1S/C24H35N5O5/c1-3-33-23(31)21-18(25-24(32)26-22(21)19-8-7-17(2)34-19)15-27-11-13-28(14-12-27)16-20(30)29-9-5-4-6-10-29/h7-8,22H,3-6,9-16H2,1-2H3,(H2,25,26,32). The molecule has 4 rings (SSSR count). The van der Waals surface area contributed by atoms with Crippen molar-refractivity contribution < 1.29 is 23.5 Å². The molecule has 0 aromatic carbocycles. The lowest BCUT2D eigenvalue weighted by molar-refractivity contribution is -0.139. The molecule has 2 fully saturated rings. The smallest absolute Gasteiger partial charge is 0.338 e. The van der Waals surface area contributed by atoms with Crippen molar-refractivity contribution in [2.45, 2.75) is 39.2 Å². The Bertz CT molecular complexity index is 928. The van der Waals surface area contributed by atoms with Gasteiger partial charge < -0.3 is 24.7 Å². The van der Waals surface area contributed by atoms with Gasteiger partial charge in [0.25, 0.3) is 0 Å². The van der Waals surface area contributed by atoms with Gasteiger partial charge in [0, 0.05) is 51.5 Å². The summed E-state index contributed by atoms with van der Waals surface area (Å²) in [6.45, 7) is 9.39. The van der Waals surface area contributed by atoms with Crippen LogP contribution in [0.2, 0.25) is 0 Å². The molecule has 3 aliphatic rings. The fraction of sp³-hybridized carbons (Fsp3) is 0.625. The molecule has 0 spiro atoms. The number of esters is 1. The Morgan fingerprint density at radius 3 is 2.41 bits per heavy atom. The molecule has 1 unspecified atom stereocenters. The summed E-state index contributed by atoms with van der Waals surface area (Å²) in [5.74, 6) is 0.925. The molecule has 0 radical (unpaired) electrons. The van der Waals surface area contributed by atoms with Crippen LogP contribution in [0.5, 0.6) is 0 Å². The second-order valence-electron chi connectivity index (χ2n) is 9.09. The molecule has 3 amide bonds. The third-order valence-corrected chi connectivity index (χ3v) is 6.61. The number of rotatable bonds is 7. The highest BCUT2D eigenvalue weighted by Crippen LogP contribution is 2.29. The number of likely N-dealkylation sites (tertiary alicyclic amines) is 1. The minimum Gasteiger partial charge on any atom is -0.464 e. The average molecular weight is 474 g/mol. The summed E-state index contributed by atoms with van der Waals surface area (Å²) in [6.07, 6.45) is 3.39. The number of carbonyl (C=O) groups excluding carboxylic acids is 3. The van der Waals surface area contributed by atoms with Gasteiger partial charge in [0.05, 0.1) is 18.7 Å². The molecule has 0 saturated carbocycles. The Balaban J connectivity index is 1.42. The third-order valence-electron chi connectivity index (χ3n) is 6.61. The Hall–Kier alpha value is -2.85. The Morgan fingerprint density at radius 1 is 1.06 bits per heavy atom. The van der Waals surface area contributed by atoms with Crippen LogP contribution in [0.4, 0.5) is 4.79 Å². The van der Waals surface area contributed by atoms with Crippen molar-refractivity contribution in [2.24, 2.45) is 0 Å². The molecule has 0 bridgehead atoms. The van der Waals surface area contributed by atoms with E-state index in [2.05, 4.69) is 20.4 Å². The molecule has 2 saturated heterocycles. The van der Waals surface area contributed by atoms with Gasteiger partial charge in [0.1, 0.15) is 17.6 Å². The molecule has 1 aromatic heterocycles. The summed E-state index contributed by atoms with van der Waals surface area (Å²) < 4.78 is 11.0. The second kappa shape index (κ2) is 11.1. The van der Waals surface area contributed by atoms with E-state index in [-0.39, 0.29) is 18.5 Å². The first-order valence-corrected chi connectivity index (χ1v) is 12.2. The number of aryl methyl sites for hydroxylation is 1. The Labute approximate surface area is 200 Å². The topological polar surface area (TPSA) is 107 Å². The van der Waals surface area contributed by atoms with Gasteiger partial charge in [-0.25, -0.2) is 9.59 Å². The van der Waals surface area contributed by atoms with E-state index >= 15 is 0 Å². The maximum Gasteiger partial charge on any atom is 0.338 e. The molecule has 3 aliphatic heterocycles. The zero-order valence-corrected chi connectivity index (χ0v) is 20.1. The van der Waals surface area contributed by atoms with E-state index in [0.717, 1.165) is 52.1 Å². The van der Waals surface area contributed by atoms with Crippen molar-refractivity contribution in [2.75, 3.05) is 59.0 Å². The first kappa shape index (κ1) is 24.3. The molecule has 10 nitrogen and oxygen atoms in total. The zero-order chi connectivity index (χ0) is 24.1. The van der Waals surface area contributed by atoms with Gasteiger partial charge in [0.15, 0.2) is 0 Å². The molecular weight excluding hydrogens is 438 g/mol. The number of hydrogen-bond donors (Lipinski definition) is 2. The number of urea groups is 1. The van der Waals surface area contributed by atoms with Crippen molar-refractivity contribution >= 4 is 17.9 Å². The van der Waals surface area contributed by atoms with Crippen molar-refractivity contribution in [3.63, 3.8) is 0 Å². The lowest BCUT2D eigenvalue weighted by Gasteiger charge is -2.37. The second-order valence-corrected chi connectivity index (χ2v) is 9.09. The van der Waals surface area contributed by atoms with E-state index in [0.29, 0.717) is 35.9 Å². The summed E-state index contributed by atoms with van der Waals surface area (Å²) in [7, 11) is 0. The average Bonchev–Trinajstić information content (AvgIpc) is 3.27. The molecular formula is C24H35N5O5. The lowest BCUT2D eigenvalue weighted by Crippen LogP contribution is -2.53. The van der Waals surface area contributed by atoms with Crippen LogP contribution >= 0.6 is 0 Å². The predicted octanol–water partition coefficient (Wildman–Crippen LogP) is 1.39. The molecule has 34 heavy (non-hydrogen) atoms. The summed E-state index contributed by atoms with van der Waals surface area (Å²) in [6, 6.07) is 2.48. The highest BCUT2D eigenvalue weighted by Gasteiger charge is 2.36. The monoisotopic (exact) mass is 473 g/mol. The van der Waals surface area contributed by atoms with Crippen LogP contribution in [0.1, 0.15) is 43.7 Å². The van der Waals surface area contributed by atoms with Gasteiger partial charge >= 0.3 is 12.0 Å². The van der Waals surface area contributed by atoms with E-state index in [1.807, 2.05) is 11.8 Å². The number of carbonyl (C=O) groups is 3. The maximum absolute atomic E-state index is 12.9. The Morgan fingerprint density at radius 2 is 1.76 bits per heavy atom. The number of hydrogen-bond acceptors (Lipinski definition) is 7. The van der Waals surface area contributed by atoms with Gasteiger partial charge in [-0.15, -0.1) is 0 Å². The molecule has 2 N–H and O–H groups in total. The highest BCUT2D eigenvalue weighted by atomic mass is 16.5. The number of ether oxygens (including phenoxy) is 1. The van der Waals surface area contributed by atoms with Crippen LogP contribution in [0.25, 0.3) is 0 Å². The first-order valence-electron chi connectivity index (χ1n) is 12.2. The van der Waals surface area contributed by atoms with Gasteiger partial charge in [-0.05, 0) is 45.2 Å². The minimum atomic E-state index is -0.708. The lowest BCUT2D eigenvalue weighted by atomic mass is 9.99. The van der Waals surface area contributed by atoms with E-state index in [4.69, 9.17) is 9.15 Å². The van der Waals surface area contributed by atoms with Crippen molar-refractivity contribution in [1.29, 1.82) is 0 Å².